The quantitative estimate of drug-likeness (QED) is 0.184. The van der Waals surface area contributed by atoms with E-state index in [0.29, 0.717) is 84.8 Å². The van der Waals surface area contributed by atoms with Crippen molar-refractivity contribution >= 4 is 11.8 Å². The van der Waals surface area contributed by atoms with Crippen LogP contribution in [0.15, 0.2) is 0 Å². The number of carbonyl (C=O) groups excluding carboxylic acids is 2. The molecule has 2 atom stereocenters. The van der Waals surface area contributed by atoms with Crippen LogP contribution in [0.4, 0.5) is 0 Å². The third-order valence-corrected chi connectivity index (χ3v) is 7.29. The molecule has 1 aromatic rings. The third kappa shape index (κ3) is 14.7. The Kier molecular flexibility index (Phi) is 18.6. The van der Waals surface area contributed by atoms with Crippen LogP contribution < -0.4 is 10.6 Å². The van der Waals surface area contributed by atoms with Crippen molar-refractivity contribution in [3.63, 3.8) is 0 Å². The first-order valence-corrected chi connectivity index (χ1v) is 16.2. The van der Waals surface area contributed by atoms with Crippen LogP contribution in [0, 0.1) is 0 Å². The molecule has 0 aliphatic carbocycles. The zero-order valence-corrected chi connectivity index (χ0v) is 28.0. The number of methoxy groups -OCH3 is 2. The minimum Gasteiger partial charge on any atom is -0.379 e. The monoisotopic (exact) mass is 626 g/mol. The van der Waals surface area contributed by atoms with Crippen molar-refractivity contribution in [2.45, 2.75) is 96.9 Å². The van der Waals surface area contributed by atoms with Crippen molar-refractivity contribution in [1.29, 1.82) is 0 Å². The van der Waals surface area contributed by atoms with Crippen molar-refractivity contribution < 1.29 is 33.3 Å². The maximum Gasteiger partial charge on any atom is 0.222 e. The first-order valence-electron chi connectivity index (χ1n) is 16.2. The minimum atomic E-state index is -0.408. The van der Waals surface area contributed by atoms with Crippen molar-refractivity contribution in [1.82, 2.24) is 30.5 Å². The fourth-order valence-corrected chi connectivity index (χ4v) is 4.95. The van der Waals surface area contributed by atoms with E-state index in [0.717, 1.165) is 43.9 Å². The number of fused-ring (bicyclic) bond motifs is 1. The van der Waals surface area contributed by atoms with Gasteiger partial charge in [0.1, 0.15) is 17.9 Å². The molecule has 2 N–H and O–H groups in total. The average Bonchev–Trinajstić information content (AvgIpc) is 3.36. The molecule has 0 fully saturated rings. The van der Waals surface area contributed by atoms with E-state index in [1.807, 2.05) is 9.58 Å². The molecule has 2 rings (SSSR count). The van der Waals surface area contributed by atoms with E-state index in [1.165, 1.54) is 0 Å². The van der Waals surface area contributed by atoms with Gasteiger partial charge in [-0.25, -0.2) is 4.68 Å². The predicted octanol–water partition coefficient (Wildman–Crippen LogP) is 2.28. The van der Waals surface area contributed by atoms with E-state index < -0.39 is 6.10 Å². The number of nitrogens with one attached hydrogen (secondary N) is 2. The summed E-state index contributed by atoms with van der Waals surface area (Å²) in [6.07, 6.45) is 3.58. The van der Waals surface area contributed by atoms with Gasteiger partial charge in [0.25, 0.3) is 0 Å². The van der Waals surface area contributed by atoms with Crippen LogP contribution >= 0.6 is 0 Å². The van der Waals surface area contributed by atoms with Crippen molar-refractivity contribution in [2.75, 3.05) is 80.0 Å². The lowest BCUT2D eigenvalue weighted by atomic mass is 10.0. The maximum atomic E-state index is 13.1. The molecule has 0 aromatic carbocycles. The van der Waals surface area contributed by atoms with Crippen molar-refractivity contribution in [3.05, 3.63) is 11.4 Å². The maximum absolute atomic E-state index is 13.1. The van der Waals surface area contributed by atoms with Gasteiger partial charge in [0.05, 0.1) is 32.1 Å². The summed E-state index contributed by atoms with van der Waals surface area (Å²) in [5, 5.41) is 15.0. The first kappa shape index (κ1) is 38.0. The lowest BCUT2D eigenvalue weighted by Crippen LogP contribution is -2.44. The second-order valence-corrected chi connectivity index (χ2v) is 12.1. The van der Waals surface area contributed by atoms with Gasteiger partial charge in [-0.2, -0.15) is 0 Å². The molecule has 0 saturated carbocycles. The molecule has 1 aliphatic rings. The molecule has 44 heavy (non-hydrogen) atoms. The highest BCUT2D eigenvalue weighted by molar-refractivity contribution is 5.79. The number of hydrogen-bond acceptors (Lipinski definition) is 10. The molecule has 254 valence electrons. The van der Waals surface area contributed by atoms with Gasteiger partial charge in [-0.15, -0.1) is 5.10 Å². The number of rotatable bonds is 22. The van der Waals surface area contributed by atoms with Gasteiger partial charge in [0.2, 0.25) is 11.8 Å². The number of hydrogen-bond donors (Lipinski definition) is 2. The summed E-state index contributed by atoms with van der Waals surface area (Å²) in [4.78, 5) is 27.2. The summed E-state index contributed by atoms with van der Waals surface area (Å²) in [5.74, 6) is -0.0559. The molecule has 1 aliphatic heterocycles. The van der Waals surface area contributed by atoms with Crippen molar-refractivity contribution in [2.24, 2.45) is 0 Å². The number of aromatic nitrogens is 3. The summed E-state index contributed by atoms with van der Waals surface area (Å²) in [7, 11) is 3.24. The molecular formula is C31H58N6O7. The normalized spacial score (nSPS) is 17.3. The zero-order chi connectivity index (χ0) is 32.2. The molecule has 0 spiro atoms. The molecule has 2 heterocycles. The van der Waals surface area contributed by atoms with Gasteiger partial charge in [0.15, 0.2) is 0 Å². The second kappa shape index (κ2) is 21.6. The fraction of sp³-hybridized carbons (Fsp3) is 0.871. The van der Waals surface area contributed by atoms with Crippen LogP contribution in [0.1, 0.15) is 83.7 Å². The largest absolute Gasteiger partial charge is 0.379 e. The minimum absolute atomic E-state index is 0.00301. The molecule has 1 aromatic heterocycles. The van der Waals surface area contributed by atoms with E-state index in [9.17, 15) is 9.59 Å². The van der Waals surface area contributed by atoms with Gasteiger partial charge in [-0.05, 0) is 53.0 Å². The molecule has 0 bridgehead atoms. The highest BCUT2D eigenvalue weighted by atomic mass is 16.5. The predicted molar refractivity (Wildman–Crippen MR) is 167 cm³/mol. The first-order chi connectivity index (χ1) is 21.2. The average molecular weight is 627 g/mol. The van der Waals surface area contributed by atoms with E-state index >= 15 is 0 Å². The highest BCUT2D eigenvalue weighted by Crippen LogP contribution is 2.28. The zero-order valence-electron chi connectivity index (χ0n) is 28.0. The Labute approximate surface area is 264 Å². The van der Waals surface area contributed by atoms with Gasteiger partial charge >= 0.3 is 0 Å². The Bertz CT molecular complexity index is 939. The van der Waals surface area contributed by atoms with Gasteiger partial charge in [-0.3, -0.25) is 9.59 Å². The number of ether oxygens (including phenoxy) is 5. The molecule has 13 nitrogen and oxygen atoms in total. The van der Waals surface area contributed by atoms with Crippen LogP contribution in [0.3, 0.4) is 0 Å². The van der Waals surface area contributed by atoms with E-state index in [2.05, 4.69) is 48.6 Å². The highest BCUT2D eigenvalue weighted by Gasteiger charge is 2.34. The molecule has 13 heteroatoms. The Morgan fingerprint density at radius 2 is 1.57 bits per heavy atom. The van der Waals surface area contributed by atoms with Crippen LogP contribution in [-0.4, -0.2) is 123 Å². The van der Waals surface area contributed by atoms with E-state index in [1.54, 1.807) is 14.2 Å². The van der Waals surface area contributed by atoms with Gasteiger partial charge < -0.3 is 39.2 Å². The van der Waals surface area contributed by atoms with E-state index in [-0.39, 0.29) is 23.5 Å². The number of aryl methyl sites for hydroxylation is 1. The smallest absolute Gasteiger partial charge is 0.222 e. The third-order valence-electron chi connectivity index (χ3n) is 7.29. The Balaban J connectivity index is 1.53. The summed E-state index contributed by atoms with van der Waals surface area (Å²) in [6, 6.07) is 0. The fourth-order valence-electron chi connectivity index (χ4n) is 4.95. The number of nitrogens with zero attached hydrogens (tertiary/aromatic N) is 4. The summed E-state index contributed by atoms with van der Waals surface area (Å²) >= 11 is 0. The summed E-state index contributed by atoms with van der Waals surface area (Å²) in [5.41, 5.74) is 1.90. The molecule has 2 amide bonds. The van der Waals surface area contributed by atoms with Crippen LogP contribution in [-0.2, 0) is 46.2 Å². The summed E-state index contributed by atoms with van der Waals surface area (Å²) in [6.45, 7) is 15.1. The lowest BCUT2D eigenvalue weighted by Gasteiger charge is -2.33. The lowest BCUT2D eigenvalue weighted by molar-refractivity contribution is -0.135. The Morgan fingerprint density at radius 1 is 0.909 bits per heavy atom. The SMILES string of the molecule is CCCn1nnc2c1CCN(C(=O)CCCC(=O)NCCCOCCOCCOCCCNC(C)(C)C)C[C@H](OC)[C@H]2OC. The van der Waals surface area contributed by atoms with Gasteiger partial charge in [0, 0.05) is 78.4 Å². The van der Waals surface area contributed by atoms with Crippen LogP contribution in [0.2, 0.25) is 0 Å². The van der Waals surface area contributed by atoms with E-state index in [4.69, 9.17) is 23.7 Å². The molecular weight excluding hydrogens is 568 g/mol. The standard InChI is InChI=1S/C31H58N6O7/c1-7-16-37-25-13-17-36(24-26(40-5)30(41-6)29(25)34-35-37)28(39)12-8-11-27(38)32-14-9-18-42-20-22-44-23-21-43-19-10-15-33-31(2,3)4/h26,30,33H,7-24H2,1-6H3,(H,32,38)/t26-,30+/m0/s1. The molecule has 0 unspecified atom stereocenters. The molecule has 0 saturated heterocycles. The Morgan fingerprint density at radius 3 is 2.18 bits per heavy atom. The van der Waals surface area contributed by atoms with Crippen LogP contribution in [0.5, 0.6) is 0 Å². The second-order valence-electron chi connectivity index (χ2n) is 12.1. The Hall–Kier alpha value is -2.16. The van der Waals surface area contributed by atoms with Crippen LogP contribution in [0.25, 0.3) is 0 Å². The summed E-state index contributed by atoms with van der Waals surface area (Å²) < 4.78 is 30.0. The topological polar surface area (TPSA) is 138 Å². The van der Waals surface area contributed by atoms with Crippen molar-refractivity contribution in [3.8, 4) is 0 Å². The van der Waals surface area contributed by atoms with Gasteiger partial charge in [-0.1, -0.05) is 12.1 Å². The number of carbonyl (C=O) groups is 2. The number of amides is 2. The molecule has 0 radical (unpaired) electrons.